The van der Waals surface area contributed by atoms with E-state index in [1.807, 2.05) is 26.2 Å². The summed E-state index contributed by atoms with van der Waals surface area (Å²) in [5, 5.41) is 7.39. The van der Waals surface area contributed by atoms with E-state index in [1.54, 1.807) is 4.68 Å². The molecule has 0 radical (unpaired) electrons. The monoisotopic (exact) mass is 339 g/mol. The number of fused-ring (bicyclic) bond motifs is 1. The molecule has 4 heteroatoms. The lowest BCUT2D eigenvalue weighted by atomic mass is 9.82. The van der Waals surface area contributed by atoms with E-state index in [0.717, 1.165) is 29.8 Å². The van der Waals surface area contributed by atoms with Gasteiger partial charge in [0.15, 0.2) is 0 Å². The van der Waals surface area contributed by atoms with E-state index < -0.39 is 0 Å². The van der Waals surface area contributed by atoms with Crippen LogP contribution in [0.15, 0.2) is 24.4 Å². The number of hydrogen-bond acceptors (Lipinski definition) is 2. The van der Waals surface area contributed by atoms with Gasteiger partial charge in [0.1, 0.15) is 0 Å². The number of benzene rings is 1. The van der Waals surface area contributed by atoms with Gasteiger partial charge in [0.25, 0.3) is 0 Å². The van der Waals surface area contributed by atoms with Crippen molar-refractivity contribution in [1.82, 2.24) is 9.78 Å². The normalized spacial score (nSPS) is 17.4. The minimum absolute atomic E-state index is 0.0540. The van der Waals surface area contributed by atoms with E-state index in [4.69, 9.17) is 0 Å². The molecule has 1 amide bonds. The molecule has 1 aliphatic rings. The quantitative estimate of drug-likeness (QED) is 0.905. The largest absolute Gasteiger partial charge is 0.326 e. The zero-order valence-corrected chi connectivity index (χ0v) is 16.2. The van der Waals surface area contributed by atoms with Gasteiger partial charge in [0.2, 0.25) is 5.91 Å². The molecule has 1 aliphatic carbocycles. The molecular weight excluding hydrogens is 310 g/mol. The summed E-state index contributed by atoms with van der Waals surface area (Å²) in [5.74, 6) is 0.0540. The number of nitrogens with one attached hydrogen (secondary N) is 1. The molecule has 134 valence electrons. The number of aromatic nitrogens is 2. The molecule has 0 bridgehead atoms. The Kier molecular flexibility index (Phi) is 4.26. The second-order valence-corrected chi connectivity index (χ2v) is 8.67. The van der Waals surface area contributed by atoms with Crippen molar-refractivity contribution < 1.29 is 4.79 Å². The van der Waals surface area contributed by atoms with Crippen molar-refractivity contribution in [2.24, 2.45) is 7.05 Å². The minimum atomic E-state index is 0.0540. The number of nitrogens with zero attached hydrogens (tertiary/aromatic N) is 2. The molecule has 1 aromatic carbocycles. The molecule has 3 rings (SSSR count). The highest BCUT2D eigenvalue weighted by atomic mass is 16.1. The third kappa shape index (κ3) is 3.48. The first-order chi connectivity index (χ1) is 11.6. The Bertz CT molecular complexity index is 815. The molecule has 0 saturated heterocycles. The zero-order chi connectivity index (χ0) is 18.4. The van der Waals surface area contributed by atoms with E-state index in [2.05, 4.69) is 50.2 Å². The van der Waals surface area contributed by atoms with Crippen molar-refractivity contribution in [1.29, 1.82) is 0 Å². The molecule has 0 fully saturated rings. The van der Waals surface area contributed by atoms with Gasteiger partial charge in [0.05, 0.1) is 5.69 Å². The van der Waals surface area contributed by atoms with Crippen LogP contribution in [0.3, 0.4) is 0 Å². The fourth-order valence-electron chi connectivity index (χ4n) is 4.43. The van der Waals surface area contributed by atoms with Gasteiger partial charge < -0.3 is 5.32 Å². The van der Waals surface area contributed by atoms with Crippen LogP contribution in [0.4, 0.5) is 5.69 Å². The van der Waals surface area contributed by atoms with Gasteiger partial charge >= 0.3 is 0 Å². The number of aryl methyl sites for hydroxylation is 3. The number of carbonyl (C=O) groups excluding carboxylic acids is 1. The summed E-state index contributed by atoms with van der Waals surface area (Å²) < 4.78 is 1.80. The molecule has 0 unspecified atom stereocenters. The predicted octanol–water partition coefficient (Wildman–Crippen LogP) is 4.26. The number of hydrogen-bond donors (Lipinski definition) is 1. The highest BCUT2D eigenvalue weighted by molar-refractivity contribution is 5.91. The number of amides is 1. The third-order valence-corrected chi connectivity index (χ3v) is 5.38. The number of anilines is 1. The van der Waals surface area contributed by atoms with E-state index in [0.29, 0.717) is 6.42 Å². The van der Waals surface area contributed by atoms with Crippen LogP contribution in [0.2, 0.25) is 0 Å². The molecular formula is C21H29N3O. The van der Waals surface area contributed by atoms with Crippen LogP contribution < -0.4 is 5.32 Å². The average molecular weight is 339 g/mol. The molecule has 2 aromatic rings. The Morgan fingerprint density at radius 1 is 1.20 bits per heavy atom. The van der Waals surface area contributed by atoms with Crippen molar-refractivity contribution >= 4 is 11.6 Å². The lowest BCUT2D eigenvalue weighted by Gasteiger charge is -2.22. The summed E-state index contributed by atoms with van der Waals surface area (Å²) in [4.78, 5) is 12.4. The first-order valence-electron chi connectivity index (χ1n) is 9.02. The second kappa shape index (κ2) is 6.01. The summed E-state index contributed by atoms with van der Waals surface area (Å²) in [5.41, 5.74) is 6.13. The van der Waals surface area contributed by atoms with Gasteiger partial charge in [-0.15, -0.1) is 0 Å². The standard InChI is InChI=1S/C21H29N3O/c1-14-15(12-24(6)23-14)7-10-19(25)22-16-8-9-17-18(11-16)21(4,5)13-20(17,2)3/h8-9,11-12H,7,10,13H2,1-6H3,(H,22,25). The Hall–Kier alpha value is -2.10. The minimum Gasteiger partial charge on any atom is -0.326 e. The Morgan fingerprint density at radius 3 is 2.52 bits per heavy atom. The van der Waals surface area contributed by atoms with Crippen LogP contribution in [0, 0.1) is 6.92 Å². The average Bonchev–Trinajstić information content (AvgIpc) is 2.90. The topological polar surface area (TPSA) is 46.9 Å². The highest BCUT2D eigenvalue weighted by Crippen LogP contribution is 2.49. The van der Waals surface area contributed by atoms with Gasteiger partial charge in [-0.2, -0.15) is 5.10 Å². The first-order valence-corrected chi connectivity index (χ1v) is 9.02. The molecule has 4 nitrogen and oxygen atoms in total. The van der Waals surface area contributed by atoms with Crippen LogP contribution >= 0.6 is 0 Å². The molecule has 25 heavy (non-hydrogen) atoms. The van der Waals surface area contributed by atoms with Crippen LogP contribution in [-0.2, 0) is 29.1 Å². The fraction of sp³-hybridized carbons (Fsp3) is 0.524. The van der Waals surface area contributed by atoms with Crippen molar-refractivity contribution in [2.75, 3.05) is 5.32 Å². The van der Waals surface area contributed by atoms with Gasteiger partial charge in [-0.1, -0.05) is 33.8 Å². The first kappa shape index (κ1) is 17.7. The summed E-state index contributed by atoms with van der Waals surface area (Å²) in [6.07, 6.45) is 4.31. The van der Waals surface area contributed by atoms with E-state index in [1.165, 1.54) is 11.1 Å². The SMILES string of the molecule is Cc1nn(C)cc1CCC(=O)Nc1ccc2c(c1)C(C)(C)CC2(C)C. The van der Waals surface area contributed by atoms with Gasteiger partial charge in [0, 0.05) is 25.4 Å². The molecule has 1 heterocycles. The van der Waals surface area contributed by atoms with E-state index in [9.17, 15) is 4.79 Å². The van der Waals surface area contributed by atoms with Crippen LogP contribution in [0.25, 0.3) is 0 Å². The van der Waals surface area contributed by atoms with Gasteiger partial charge in [-0.25, -0.2) is 0 Å². The Morgan fingerprint density at radius 2 is 1.88 bits per heavy atom. The van der Waals surface area contributed by atoms with Crippen LogP contribution in [0.1, 0.15) is 62.9 Å². The molecule has 0 spiro atoms. The van der Waals surface area contributed by atoms with Crippen LogP contribution in [0.5, 0.6) is 0 Å². The lowest BCUT2D eigenvalue weighted by molar-refractivity contribution is -0.116. The number of rotatable bonds is 4. The summed E-state index contributed by atoms with van der Waals surface area (Å²) in [6, 6.07) is 6.39. The zero-order valence-electron chi connectivity index (χ0n) is 16.2. The maximum atomic E-state index is 12.4. The Labute approximate surface area is 150 Å². The maximum absolute atomic E-state index is 12.4. The van der Waals surface area contributed by atoms with Crippen molar-refractivity contribution in [2.45, 2.75) is 64.7 Å². The lowest BCUT2D eigenvalue weighted by Crippen LogP contribution is -2.18. The summed E-state index contributed by atoms with van der Waals surface area (Å²) >= 11 is 0. The van der Waals surface area contributed by atoms with Crippen molar-refractivity contribution in [3.8, 4) is 0 Å². The van der Waals surface area contributed by atoms with Gasteiger partial charge in [-0.3, -0.25) is 9.48 Å². The number of carbonyl (C=O) groups is 1. The van der Waals surface area contributed by atoms with Crippen LogP contribution in [-0.4, -0.2) is 15.7 Å². The molecule has 0 atom stereocenters. The smallest absolute Gasteiger partial charge is 0.224 e. The third-order valence-electron chi connectivity index (χ3n) is 5.38. The fourth-order valence-corrected chi connectivity index (χ4v) is 4.43. The van der Waals surface area contributed by atoms with Crippen molar-refractivity contribution in [3.05, 3.63) is 46.8 Å². The summed E-state index contributed by atoms with van der Waals surface area (Å²) in [6.45, 7) is 11.2. The molecule has 1 aromatic heterocycles. The second-order valence-electron chi connectivity index (χ2n) is 8.67. The van der Waals surface area contributed by atoms with E-state index >= 15 is 0 Å². The van der Waals surface area contributed by atoms with Crippen molar-refractivity contribution in [3.63, 3.8) is 0 Å². The van der Waals surface area contributed by atoms with E-state index in [-0.39, 0.29) is 16.7 Å². The highest BCUT2D eigenvalue weighted by Gasteiger charge is 2.41. The predicted molar refractivity (Wildman–Crippen MR) is 102 cm³/mol. The molecule has 0 aliphatic heterocycles. The Balaban J connectivity index is 1.70. The molecule has 0 saturated carbocycles. The molecule has 1 N–H and O–H groups in total. The summed E-state index contributed by atoms with van der Waals surface area (Å²) in [7, 11) is 1.91. The van der Waals surface area contributed by atoms with Gasteiger partial charge in [-0.05, 0) is 59.4 Å². The maximum Gasteiger partial charge on any atom is 0.224 e.